The fraction of sp³-hybridized carbons (Fsp3) is 0.200. The molecule has 0 aliphatic carbocycles. The van der Waals surface area contributed by atoms with Gasteiger partial charge in [-0.2, -0.15) is 0 Å². The molecule has 0 bridgehead atoms. The minimum Gasteiger partial charge on any atom is -0.456 e. The van der Waals surface area contributed by atoms with Crippen LogP contribution in [0.1, 0.15) is 16.1 Å². The topological polar surface area (TPSA) is 85.6 Å². The summed E-state index contributed by atoms with van der Waals surface area (Å²) < 4.78 is 5.16. The zero-order valence-corrected chi connectivity index (χ0v) is 12.2. The number of nitrogens with zero attached hydrogens (tertiary/aromatic N) is 3. The van der Waals surface area contributed by atoms with Gasteiger partial charge in [-0.1, -0.05) is 12.1 Å². The first kappa shape index (κ1) is 15.4. The fourth-order valence-corrected chi connectivity index (χ4v) is 1.76. The molecule has 0 saturated heterocycles. The Kier molecular flexibility index (Phi) is 4.67. The molecule has 1 heterocycles. The van der Waals surface area contributed by atoms with Crippen molar-refractivity contribution in [3.63, 3.8) is 0 Å². The second kappa shape index (κ2) is 6.66. The molecule has 2 aromatic rings. The third kappa shape index (κ3) is 3.78. The summed E-state index contributed by atoms with van der Waals surface area (Å²) in [6.07, 6.45) is 1.03. The van der Waals surface area contributed by atoms with Crippen molar-refractivity contribution in [1.82, 2.24) is 4.98 Å². The van der Waals surface area contributed by atoms with Crippen molar-refractivity contribution in [2.45, 2.75) is 6.61 Å². The van der Waals surface area contributed by atoms with Gasteiger partial charge in [0.05, 0.1) is 4.92 Å². The van der Waals surface area contributed by atoms with E-state index in [9.17, 15) is 14.9 Å². The smallest absolute Gasteiger partial charge is 0.357 e. The Balaban J connectivity index is 2.00. The predicted octanol–water partition coefficient (Wildman–Crippen LogP) is 2.41. The van der Waals surface area contributed by atoms with Crippen molar-refractivity contribution in [2.75, 3.05) is 19.0 Å². The molecule has 0 aliphatic rings. The van der Waals surface area contributed by atoms with Gasteiger partial charge >= 0.3 is 5.97 Å². The van der Waals surface area contributed by atoms with Crippen molar-refractivity contribution in [1.29, 1.82) is 0 Å². The van der Waals surface area contributed by atoms with E-state index in [4.69, 9.17) is 4.74 Å². The maximum absolute atomic E-state index is 11.9. The molecule has 0 aliphatic heterocycles. The number of aromatic nitrogens is 1. The molecular formula is C15H15N3O4. The maximum atomic E-state index is 11.9. The van der Waals surface area contributed by atoms with Crippen LogP contribution in [0.25, 0.3) is 0 Å². The molecule has 0 atom stereocenters. The first-order valence-electron chi connectivity index (χ1n) is 6.51. The average Bonchev–Trinajstić information content (AvgIpc) is 2.53. The van der Waals surface area contributed by atoms with Crippen molar-refractivity contribution < 1.29 is 14.5 Å². The normalized spacial score (nSPS) is 10.1. The molecule has 22 heavy (non-hydrogen) atoms. The lowest BCUT2D eigenvalue weighted by molar-refractivity contribution is -0.385. The minimum atomic E-state index is -0.620. The lowest BCUT2D eigenvalue weighted by Crippen LogP contribution is -2.10. The number of hydrogen-bond acceptors (Lipinski definition) is 6. The SMILES string of the molecule is CN(C)c1cccc(COC(=O)c2ccc([N+](=O)[O-])cn2)c1. The second-order valence-electron chi connectivity index (χ2n) is 4.80. The first-order valence-corrected chi connectivity index (χ1v) is 6.51. The number of nitro groups is 1. The lowest BCUT2D eigenvalue weighted by atomic mass is 10.2. The Morgan fingerprint density at radius 3 is 2.68 bits per heavy atom. The summed E-state index contributed by atoms with van der Waals surface area (Å²) in [4.78, 5) is 27.5. The predicted molar refractivity (Wildman–Crippen MR) is 80.8 cm³/mol. The molecule has 7 heteroatoms. The van der Waals surface area contributed by atoms with Crippen LogP contribution >= 0.6 is 0 Å². The highest BCUT2D eigenvalue weighted by atomic mass is 16.6. The van der Waals surface area contributed by atoms with Crippen LogP contribution in [0.15, 0.2) is 42.6 Å². The molecule has 0 N–H and O–H groups in total. The van der Waals surface area contributed by atoms with Crippen LogP contribution in [0.4, 0.5) is 11.4 Å². The number of esters is 1. The van der Waals surface area contributed by atoms with E-state index in [1.165, 1.54) is 12.1 Å². The molecule has 0 saturated carbocycles. The third-order valence-corrected chi connectivity index (χ3v) is 2.96. The molecule has 7 nitrogen and oxygen atoms in total. The van der Waals surface area contributed by atoms with Gasteiger partial charge in [0.2, 0.25) is 0 Å². The number of rotatable bonds is 5. The summed E-state index contributed by atoms with van der Waals surface area (Å²) in [7, 11) is 3.85. The third-order valence-electron chi connectivity index (χ3n) is 2.96. The Morgan fingerprint density at radius 2 is 2.09 bits per heavy atom. The number of pyridine rings is 1. The van der Waals surface area contributed by atoms with Crippen LogP contribution in [-0.4, -0.2) is 30.0 Å². The fourth-order valence-electron chi connectivity index (χ4n) is 1.76. The van der Waals surface area contributed by atoms with Crippen molar-refractivity contribution >= 4 is 17.3 Å². The number of benzene rings is 1. The average molecular weight is 301 g/mol. The van der Waals surface area contributed by atoms with Crippen LogP contribution in [0.5, 0.6) is 0 Å². The Morgan fingerprint density at radius 1 is 1.32 bits per heavy atom. The van der Waals surface area contributed by atoms with Crippen LogP contribution < -0.4 is 4.90 Å². The van der Waals surface area contributed by atoms with Gasteiger partial charge in [-0.25, -0.2) is 9.78 Å². The summed E-state index contributed by atoms with van der Waals surface area (Å²) in [6, 6.07) is 10.1. The molecule has 0 spiro atoms. The second-order valence-corrected chi connectivity index (χ2v) is 4.80. The van der Waals surface area contributed by atoms with Gasteiger partial charge in [-0.3, -0.25) is 10.1 Å². The summed E-state index contributed by atoms with van der Waals surface area (Å²) >= 11 is 0. The molecule has 0 radical (unpaired) electrons. The molecule has 0 amide bonds. The van der Waals surface area contributed by atoms with Gasteiger partial charge in [0.1, 0.15) is 18.5 Å². The van der Waals surface area contributed by atoms with E-state index in [1.807, 2.05) is 43.3 Å². The Bertz CT molecular complexity index is 683. The Labute approximate surface area is 127 Å². The van der Waals surface area contributed by atoms with Crippen molar-refractivity contribution in [2.24, 2.45) is 0 Å². The standard InChI is InChI=1S/C15H15N3O4/c1-17(2)12-5-3-4-11(8-12)10-22-15(19)14-7-6-13(9-16-14)18(20)21/h3-9H,10H2,1-2H3. The number of ether oxygens (including phenoxy) is 1. The number of carbonyl (C=O) groups is 1. The van der Waals surface area contributed by atoms with Crippen molar-refractivity contribution in [3.05, 3.63) is 64.0 Å². The monoisotopic (exact) mass is 301 g/mol. The summed E-state index contributed by atoms with van der Waals surface area (Å²) in [5, 5.41) is 10.5. The number of anilines is 1. The number of hydrogen-bond donors (Lipinski definition) is 0. The van der Waals surface area contributed by atoms with Gasteiger partial charge in [0.15, 0.2) is 0 Å². The molecule has 0 unspecified atom stereocenters. The maximum Gasteiger partial charge on any atom is 0.357 e. The van der Waals surface area contributed by atoms with E-state index in [1.54, 1.807) is 0 Å². The van der Waals surface area contributed by atoms with Crippen molar-refractivity contribution in [3.8, 4) is 0 Å². The van der Waals surface area contributed by atoms with Crippen LogP contribution in [0, 0.1) is 10.1 Å². The lowest BCUT2D eigenvalue weighted by Gasteiger charge is -2.13. The summed E-state index contributed by atoms with van der Waals surface area (Å²) in [6.45, 7) is 0.110. The molecule has 114 valence electrons. The van der Waals surface area contributed by atoms with Crippen LogP contribution in [0.2, 0.25) is 0 Å². The van der Waals surface area contributed by atoms with Crippen LogP contribution in [-0.2, 0) is 11.3 Å². The van der Waals surface area contributed by atoms with Gasteiger partial charge in [0, 0.05) is 25.8 Å². The van der Waals surface area contributed by atoms with Crippen LogP contribution in [0.3, 0.4) is 0 Å². The molecule has 0 fully saturated rings. The number of carbonyl (C=O) groups excluding carboxylic acids is 1. The highest BCUT2D eigenvalue weighted by Gasteiger charge is 2.12. The van der Waals surface area contributed by atoms with E-state index >= 15 is 0 Å². The van der Waals surface area contributed by atoms with Gasteiger partial charge in [-0.15, -0.1) is 0 Å². The minimum absolute atomic E-state index is 0.0364. The molecule has 2 rings (SSSR count). The van der Waals surface area contributed by atoms with Gasteiger partial charge in [0.25, 0.3) is 5.69 Å². The quantitative estimate of drug-likeness (QED) is 0.479. The van der Waals surface area contributed by atoms with E-state index in [2.05, 4.69) is 4.98 Å². The molecule has 1 aromatic heterocycles. The first-order chi connectivity index (χ1) is 10.5. The van der Waals surface area contributed by atoms with E-state index in [-0.39, 0.29) is 18.0 Å². The summed E-state index contributed by atoms with van der Waals surface area (Å²) in [5.74, 6) is -0.620. The van der Waals surface area contributed by atoms with Gasteiger partial charge < -0.3 is 9.64 Å². The van der Waals surface area contributed by atoms with E-state index in [0.29, 0.717) is 0 Å². The van der Waals surface area contributed by atoms with E-state index < -0.39 is 10.9 Å². The zero-order chi connectivity index (χ0) is 16.1. The molecular weight excluding hydrogens is 286 g/mol. The van der Waals surface area contributed by atoms with Gasteiger partial charge in [-0.05, 0) is 23.8 Å². The van der Waals surface area contributed by atoms with E-state index in [0.717, 1.165) is 17.4 Å². The zero-order valence-electron chi connectivity index (χ0n) is 12.2. The highest BCUT2D eigenvalue weighted by molar-refractivity contribution is 5.87. The largest absolute Gasteiger partial charge is 0.456 e. The Hall–Kier alpha value is -2.96. The molecule has 1 aromatic carbocycles. The summed E-state index contributed by atoms with van der Waals surface area (Å²) in [5.41, 5.74) is 1.72. The highest BCUT2D eigenvalue weighted by Crippen LogP contribution is 2.15.